The summed E-state index contributed by atoms with van der Waals surface area (Å²) in [7, 11) is -3.88. The third-order valence-corrected chi connectivity index (χ3v) is 12.9. The van der Waals surface area contributed by atoms with E-state index in [2.05, 4.69) is 28.0 Å². The summed E-state index contributed by atoms with van der Waals surface area (Å²) in [4.78, 5) is 71.5. The molecule has 51 heavy (non-hydrogen) atoms. The molecule has 6 rings (SSSR count). The molecule has 3 N–H and O–H groups in total. The van der Waals surface area contributed by atoms with Crippen molar-refractivity contribution in [1.82, 2.24) is 25.2 Å². The van der Waals surface area contributed by atoms with E-state index in [1.165, 1.54) is 16.5 Å². The largest absolute Gasteiger partial charge is 0.444 e. The lowest BCUT2D eigenvalue weighted by atomic mass is 9.98. The number of benzene rings is 1. The number of nitrogens with zero attached hydrogens (tertiary/aromatic N) is 2. The van der Waals surface area contributed by atoms with Gasteiger partial charge < -0.3 is 20.3 Å². The first-order valence-electron chi connectivity index (χ1n) is 18.6. The second-order valence-corrected chi connectivity index (χ2v) is 16.8. The Morgan fingerprint density at radius 2 is 1.78 bits per heavy atom. The molecule has 1 aromatic carbocycles. The first kappa shape index (κ1) is 36.8. The highest BCUT2D eigenvalue weighted by atomic mass is 32.2. The van der Waals surface area contributed by atoms with Gasteiger partial charge >= 0.3 is 6.09 Å². The smallest absolute Gasteiger partial charge is 0.410 e. The van der Waals surface area contributed by atoms with E-state index in [4.69, 9.17) is 4.74 Å². The van der Waals surface area contributed by atoms with Crippen molar-refractivity contribution >= 4 is 39.7 Å². The van der Waals surface area contributed by atoms with E-state index in [0.717, 1.165) is 49.7 Å². The van der Waals surface area contributed by atoms with Crippen molar-refractivity contribution in [3.63, 3.8) is 0 Å². The molecular weight excluding hydrogens is 675 g/mol. The Morgan fingerprint density at radius 1 is 1.06 bits per heavy atom. The quantitative estimate of drug-likeness (QED) is 0.326. The number of ether oxygens (including phenoxy) is 1. The number of hydrogen-bond donors (Lipinski definition) is 3. The van der Waals surface area contributed by atoms with Crippen molar-refractivity contribution in [2.75, 3.05) is 6.54 Å². The van der Waals surface area contributed by atoms with Crippen LogP contribution in [0, 0.1) is 5.92 Å². The topological polar surface area (TPSA) is 171 Å². The Morgan fingerprint density at radius 3 is 2.49 bits per heavy atom. The molecule has 1 aromatic rings. The number of rotatable bonds is 9. The van der Waals surface area contributed by atoms with Crippen LogP contribution in [-0.4, -0.2) is 83.5 Å². The molecule has 13 nitrogen and oxygen atoms in total. The Kier molecular flexibility index (Phi) is 11.1. The maximum Gasteiger partial charge on any atom is 0.410 e. The van der Waals surface area contributed by atoms with E-state index in [9.17, 15) is 32.4 Å². The minimum Gasteiger partial charge on any atom is -0.444 e. The average Bonchev–Trinajstić information content (AvgIpc) is 3.99. The Labute approximate surface area is 300 Å². The van der Waals surface area contributed by atoms with Gasteiger partial charge in [-0.05, 0) is 61.6 Å². The highest BCUT2D eigenvalue weighted by Crippen LogP contribution is 2.45. The van der Waals surface area contributed by atoms with Crippen molar-refractivity contribution < 1.29 is 37.1 Å². The molecule has 5 aliphatic rings. The van der Waals surface area contributed by atoms with E-state index in [0.29, 0.717) is 45.2 Å². The van der Waals surface area contributed by atoms with E-state index < -0.39 is 68.7 Å². The van der Waals surface area contributed by atoms with Crippen LogP contribution in [0.3, 0.4) is 0 Å². The van der Waals surface area contributed by atoms with Crippen molar-refractivity contribution in [2.45, 2.75) is 139 Å². The Balaban J connectivity index is 1.24. The molecule has 2 saturated carbocycles. The van der Waals surface area contributed by atoms with Crippen LogP contribution < -0.4 is 15.4 Å². The molecule has 5 amide bonds. The molecule has 0 radical (unpaired) electrons. The zero-order chi connectivity index (χ0) is 36.3. The van der Waals surface area contributed by atoms with Crippen LogP contribution in [-0.2, 0) is 53.4 Å². The molecule has 3 heterocycles. The second kappa shape index (κ2) is 15.3. The van der Waals surface area contributed by atoms with Gasteiger partial charge in [-0.2, -0.15) is 0 Å². The van der Waals surface area contributed by atoms with E-state index in [-0.39, 0.29) is 31.7 Å². The lowest BCUT2D eigenvalue weighted by Crippen LogP contribution is -2.58. The average molecular weight is 726 g/mol. The summed E-state index contributed by atoms with van der Waals surface area (Å²) in [6, 6.07) is 4.12. The minimum atomic E-state index is -3.88. The number of aryl methyl sites for hydroxylation is 1. The summed E-state index contributed by atoms with van der Waals surface area (Å²) < 4.78 is 33.4. The molecule has 3 aliphatic heterocycles. The van der Waals surface area contributed by atoms with Gasteiger partial charge in [-0.15, -0.1) is 6.58 Å². The molecule has 278 valence electrons. The van der Waals surface area contributed by atoms with Gasteiger partial charge in [0.1, 0.15) is 23.7 Å². The zero-order valence-corrected chi connectivity index (χ0v) is 30.3. The summed E-state index contributed by atoms with van der Waals surface area (Å²) in [6.07, 6.45) is 8.81. The first-order chi connectivity index (χ1) is 24.5. The van der Waals surface area contributed by atoms with Gasteiger partial charge in [-0.1, -0.05) is 63.3 Å². The SMILES string of the molecule is C=C[C@@H]1C[C@]1(NC(=O)[C@@H]1C[C@@H]2CN1C(=O)[C@H](CCCC)NC(=O)CCCCCCCc1cccc3c1CN(C3)C(=O)O2)C(=O)NS(=O)(=O)C1CC1. The predicted molar refractivity (Wildman–Crippen MR) is 188 cm³/mol. The minimum absolute atomic E-state index is 0.0272. The monoisotopic (exact) mass is 725 g/mol. The maximum atomic E-state index is 14.3. The number of nitrogens with one attached hydrogen (secondary N) is 3. The fourth-order valence-corrected chi connectivity index (χ4v) is 9.09. The van der Waals surface area contributed by atoms with Crippen molar-refractivity contribution in [3.8, 4) is 0 Å². The molecule has 3 fully saturated rings. The molecule has 0 aromatic heterocycles. The molecule has 2 aliphatic carbocycles. The summed E-state index contributed by atoms with van der Waals surface area (Å²) in [5.41, 5.74) is 1.88. The maximum absolute atomic E-state index is 14.3. The third kappa shape index (κ3) is 8.26. The second-order valence-electron chi connectivity index (χ2n) is 14.9. The van der Waals surface area contributed by atoms with Crippen LogP contribution in [0.15, 0.2) is 30.9 Å². The van der Waals surface area contributed by atoms with E-state index >= 15 is 0 Å². The van der Waals surface area contributed by atoms with Crippen LogP contribution in [0.4, 0.5) is 4.79 Å². The zero-order valence-electron chi connectivity index (χ0n) is 29.5. The van der Waals surface area contributed by atoms with Gasteiger partial charge in [0, 0.05) is 31.8 Å². The van der Waals surface area contributed by atoms with Crippen molar-refractivity contribution in [1.29, 1.82) is 0 Å². The number of hydrogen-bond acceptors (Lipinski definition) is 8. The molecule has 0 unspecified atom stereocenters. The summed E-state index contributed by atoms with van der Waals surface area (Å²) in [6.45, 7) is 6.49. The lowest BCUT2D eigenvalue weighted by Gasteiger charge is -2.30. The first-order valence-corrected chi connectivity index (χ1v) is 20.2. The van der Waals surface area contributed by atoms with Crippen LogP contribution in [0.5, 0.6) is 0 Å². The van der Waals surface area contributed by atoms with Gasteiger partial charge in [0.25, 0.3) is 5.91 Å². The molecule has 1 saturated heterocycles. The molecule has 4 bridgehead atoms. The standard InChI is InChI=1S/C37H51N5O8S/c1-3-5-15-30-34(45)42-22-27(19-31(42)33(44)39-37(20-26(37)4-2)35(46)40-51(48,49)28-17-18-28)50-36(47)41-21-25-14-11-13-24(29(25)23-41)12-9-7-6-8-10-16-32(43)38-30/h4,11,13-14,26-28,30-31H,2-3,5-10,12,15-23H2,1H3,(H,38,43)(H,39,44)(H,40,46)/t26-,27-,30+,31+,37-/m1/s1. The van der Waals surface area contributed by atoms with Gasteiger partial charge in [0.15, 0.2) is 0 Å². The van der Waals surface area contributed by atoms with Crippen molar-refractivity contribution in [2.24, 2.45) is 5.92 Å². The molecule has 14 heteroatoms. The van der Waals surface area contributed by atoms with Gasteiger partial charge in [0.05, 0.1) is 11.8 Å². The number of unbranched alkanes of at least 4 members (excludes halogenated alkanes) is 1. The number of fused-ring (bicyclic) bond motifs is 3. The fourth-order valence-electron chi connectivity index (χ4n) is 7.73. The lowest BCUT2D eigenvalue weighted by molar-refractivity contribution is -0.142. The summed E-state index contributed by atoms with van der Waals surface area (Å²) in [5.74, 6) is -2.71. The number of carbonyl (C=O) groups is 5. The third-order valence-electron chi connectivity index (χ3n) is 11.0. The number of amides is 5. The predicted octanol–water partition coefficient (Wildman–Crippen LogP) is 3.35. The van der Waals surface area contributed by atoms with Crippen LogP contribution >= 0.6 is 0 Å². The van der Waals surface area contributed by atoms with Crippen molar-refractivity contribution in [3.05, 3.63) is 47.5 Å². The van der Waals surface area contributed by atoms with Gasteiger partial charge in [-0.3, -0.25) is 28.8 Å². The van der Waals surface area contributed by atoms with Crippen LogP contribution in [0.25, 0.3) is 0 Å². The van der Waals surface area contributed by atoms with Gasteiger partial charge in [-0.25, -0.2) is 13.2 Å². The van der Waals surface area contributed by atoms with E-state index in [1.807, 2.05) is 19.1 Å². The highest BCUT2D eigenvalue weighted by Gasteiger charge is 2.62. The normalized spacial score (nSPS) is 28.8. The number of sulfonamides is 1. The van der Waals surface area contributed by atoms with Crippen LogP contribution in [0.2, 0.25) is 0 Å². The van der Waals surface area contributed by atoms with Gasteiger partial charge in [0.2, 0.25) is 27.7 Å². The highest BCUT2D eigenvalue weighted by molar-refractivity contribution is 7.91. The Bertz CT molecular complexity index is 1660. The molecular formula is C37H51N5O8S. The number of carbonyl (C=O) groups excluding carboxylic acids is 5. The van der Waals surface area contributed by atoms with E-state index in [1.54, 1.807) is 4.90 Å². The van der Waals surface area contributed by atoms with Crippen LogP contribution in [0.1, 0.15) is 107 Å². The summed E-state index contributed by atoms with van der Waals surface area (Å²) >= 11 is 0. The fraction of sp³-hybridized carbons (Fsp3) is 0.649. The summed E-state index contributed by atoms with van der Waals surface area (Å²) in [5, 5.41) is 5.06. The Hall–Kier alpha value is -3.94. The molecule has 5 atom stereocenters. The molecule has 0 spiro atoms.